The van der Waals surface area contributed by atoms with Gasteiger partial charge in [0.15, 0.2) is 0 Å². The second kappa shape index (κ2) is 5.20. The predicted octanol–water partition coefficient (Wildman–Crippen LogP) is 4.41. The molecule has 130 valence electrons. The molecule has 0 saturated heterocycles. The zero-order chi connectivity index (χ0) is 18.1. The molecule has 4 heteroatoms. The van der Waals surface area contributed by atoms with Crippen molar-refractivity contribution in [2.75, 3.05) is 13.7 Å². The van der Waals surface area contributed by atoms with Crippen LogP contribution in [-0.4, -0.2) is 35.7 Å². The highest BCUT2D eigenvalue weighted by Crippen LogP contribution is 2.75. The van der Waals surface area contributed by atoms with E-state index in [0.717, 1.165) is 16.2 Å². The number of thioether (sulfide) groups is 1. The maximum absolute atomic E-state index is 11.4. The van der Waals surface area contributed by atoms with E-state index in [9.17, 15) is 5.11 Å². The summed E-state index contributed by atoms with van der Waals surface area (Å²) in [5.74, 6) is 0. The van der Waals surface area contributed by atoms with Crippen LogP contribution in [0.15, 0.2) is 49.8 Å². The van der Waals surface area contributed by atoms with E-state index < -0.39 is 16.6 Å². The third kappa shape index (κ3) is 1.74. The van der Waals surface area contributed by atoms with Gasteiger partial charge in [0.1, 0.15) is 11.1 Å². The van der Waals surface area contributed by atoms with E-state index in [1.165, 1.54) is 21.6 Å². The Bertz CT molecular complexity index is 769. The molecule has 3 rings (SSSR count). The molecule has 1 fully saturated rings. The minimum absolute atomic E-state index is 0.282. The molecule has 24 heavy (non-hydrogen) atoms. The molecule has 0 aromatic heterocycles. The Hall–Kier alpha value is -1.10. The SMILES string of the molecule is C=CC1=C(C)C2=NC3(C)C(O)(COC)C3(C)C(=C(C)C)C2=C(C)S1. The Morgan fingerprint density at radius 3 is 2.46 bits per heavy atom. The van der Waals surface area contributed by atoms with Gasteiger partial charge in [0.25, 0.3) is 0 Å². The fourth-order valence-electron chi connectivity index (χ4n) is 4.72. The molecule has 3 atom stereocenters. The van der Waals surface area contributed by atoms with Gasteiger partial charge in [-0.1, -0.05) is 36.9 Å². The first-order valence-corrected chi connectivity index (χ1v) is 9.14. The quantitative estimate of drug-likeness (QED) is 0.823. The van der Waals surface area contributed by atoms with Gasteiger partial charge in [-0.3, -0.25) is 4.99 Å². The minimum atomic E-state index is -0.988. The molecule has 3 aliphatic rings. The van der Waals surface area contributed by atoms with Gasteiger partial charge < -0.3 is 9.84 Å². The summed E-state index contributed by atoms with van der Waals surface area (Å²) in [6.45, 7) is 16.9. The van der Waals surface area contributed by atoms with Crippen molar-refractivity contribution >= 4 is 17.5 Å². The highest BCUT2D eigenvalue weighted by molar-refractivity contribution is 8.07. The average molecular weight is 346 g/mol. The van der Waals surface area contributed by atoms with E-state index >= 15 is 0 Å². The van der Waals surface area contributed by atoms with Crippen molar-refractivity contribution in [3.05, 3.63) is 44.8 Å². The van der Waals surface area contributed by atoms with Crippen LogP contribution < -0.4 is 0 Å². The van der Waals surface area contributed by atoms with Crippen molar-refractivity contribution in [3.8, 4) is 0 Å². The first kappa shape index (κ1) is 17.7. The molecule has 0 spiro atoms. The maximum atomic E-state index is 11.4. The Morgan fingerprint density at radius 1 is 1.33 bits per heavy atom. The van der Waals surface area contributed by atoms with Crippen LogP contribution in [0.5, 0.6) is 0 Å². The Balaban J connectivity index is 2.35. The number of methoxy groups -OCH3 is 1. The van der Waals surface area contributed by atoms with Gasteiger partial charge in [0.2, 0.25) is 0 Å². The number of hydrogen-bond acceptors (Lipinski definition) is 4. The summed E-state index contributed by atoms with van der Waals surface area (Å²) >= 11 is 1.75. The lowest BCUT2D eigenvalue weighted by molar-refractivity contribution is 0.0159. The maximum Gasteiger partial charge on any atom is 0.125 e. The fraction of sp³-hybridized carbons (Fsp3) is 0.550. The summed E-state index contributed by atoms with van der Waals surface area (Å²) in [5, 5.41) is 11.4. The third-order valence-electron chi connectivity index (χ3n) is 6.24. The fourth-order valence-corrected chi connectivity index (χ4v) is 5.68. The summed E-state index contributed by atoms with van der Waals surface area (Å²) in [5.41, 5.74) is 3.80. The molecule has 0 aromatic carbocycles. The number of allylic oxidation sites excluding steroid dienone is 5. The minimum Gasteiger partial charge on any atom is -0.384 e. The van der Waals surface area contributed by atoms with E-state index in [0.29, 0.717) is 0 Å². The van der Waals surface area contributed by atoms with Crippen LogP contribution in [-0.2, 0) is 4.74 Å². The smallest absolute Gasteiger partial charge is 0.125 e. The van der Waals surface area contributed by atoms with Crippen molar-refractivity contribution in [3.63, 3.8) is 0 Å². The highest BCUT2D eigenvalue weighted by Gasteiger charge is 2.86. The van der Waals surface area contributed by atoms with E-state index in [-0.39, 0.29) is 6.61 Å². The largest absolute Gasteiger partial charge is 0.384 e. The second-order valence-electron chi connectivity index (χ2n) is 7.55. The number of rotatable bonds is 3. The monoisotopic (exact) mass is 345 g/mol. The van der Waals surface area contributed by atoms with Crippen LogP contribution >= 0.6 is 11.8 Å². The average Bonchev–Trinajstić information content (AvgIpc) is 2.89. The summed E-state index contributed by atoms with van der Waals surface area (Å²) in [7, 11) is 1.64. The Labute approximate surface area is 149 Å². The van der Waals surface area contributed by atoms with Crippen LogP contribution in [0.25, 0.3) is 0 Å². The van der Waals surface area contributed by atoms with E-state index in [1.807, 2.05) is 6.08 Å². The van der Waals surface area contributed by atoms with Gasteiger partial charge in [0.05, 0.1) is 17.7 Å². The van der Waals surface area contributed by atoms with Crippen LogP contribution in [0, 0.1) is 5.41 Å². The summed E-state index contributed by atoms with van der Waals surface area (Å²) in [6, 6.07) is 0. The lowest BCUT2D eigenvalue weighted by Gasteiger charge is -2.34. The van der Waals surface area contributed by atoms with Gasteiger partial charge >= 0.3 is 0 Å². The molecule has 0 amide bonds. The molecule has 0 bridgehead atoms. The van der Waals surface area contributed by atoms with Gasteiger partial charge in [-0.2, -0.15) is 0 Å². The molecule has 1 aliphatic carbocycles. The molecular formula is C20H27NO2S. The summed E-state index contributed by atoms with van der Waals surface area (Å²) in [6.07, 6.45) is 1.90. The molecule has 2 aliphatic heterocycles. The number of nitrogens with zero attached hydrogens (tertiary/aromatic N) is 1. The van der Waals surface area contributed by atoms with Crippen molar-refractivity contribution in [2.45, 2.75) is 52.7 Å². The van der Waals surface area contributed by atoms with Crippen molar-refractivity contribution in [1.82, 2.24) is 0 Å². The Morgan fingerprint density at radius 2 is 1.96 bits per heavy atom. The molecule has 0 radical (unpaired) electrons. The number of fused-ring (bicyclic) bond motifs is 2. The standard InChI is InChI=1S/C20H27NO2S/c1-9-14-12(4)17-15(13(5)24-14)16(11(2)3)18(6)19(7,21-17)20(18,22)10-23-8/h9,22H,1,10H2,2-8H3. The van der Waals surface area contributed by atoms with Crippen LogP contribution in [0.2, 0.25) is 0 Å². The predicted molar refractivity (Wildman–Crippen MR) is 102 cm³/mol. The number of aliphatic imine (C=N–C) groups is 1. The zero-order valence-corrected chi connectivity index (χ0v) is 16.5. The van der Waals surface area contributed by atoms with Crippen LogP contribution in [0.1, 0.15) is 41.5 Å². The molecule has 1 N–H and O–H groups in total. The topological polar surface area (TPSA) is 41.8 Å². The molecule has 0 aromatic rings. The summed E-state index contributed by atoms with van der Waals surface area (Å²) in [4.78, 5) is 7.46. The first-order chi connectivity index (χ1) is 11.1. The normalized spacial score (nSPS) is 37.8. The Kier molecular flexibility index (Phi) is 3.84. The van der Waals surface area contributed by atoms with E-state index in [4.69, 9.17) is 9.73 Å². The van der Waals surface area contributed by atoms with Crippen LogP contribution in [0.4, 0.5) is 0 Å². The lowest BCUT2D eigenvalue weighted by atomic mass is 9.77. The van der Waals surface area contributed by atoms with Crippen LogP contribution in [0.3, 0.4) is 0 Å². The second-order valence-corrected chi connectivity index (χ2v) is 8.81. The van der Waals surface area contributed by atoms with E-state index in [1.54, 1.807) is 18.9 Å². The number of hydrogen-bond donors (Lipinski definition) is 1. The molecule has 2 heterocycles. The van der Waals surface area contributed by atoms with Gasteiger partial charge in [0, 0.05) is 17.6 Å². The molecule has 3 unspecified atom stereocenters. The van der Waals surface area contributed by atoms with Crippen molar-refractivity contribution in [1.29, 1.82) is 0 Å². The number of ether oxygens (including phenoxy) is 1. The molecule has 1 saturated carbocycles. The molecule has 3 nitrogen and oxygen atoms in total. The van der Waals surface area contributed by atoms with Gasteiger partial charge in [-0.25, -0.2) is 0 Å². The number of aliphatic hydroxyl groups is 1. The van der Waals surface area contributed by atoms with Gasteiger partial charge in [-0.15, -0.1) is 0 Å². The highest BCUT2D eigenvalue weighted by atomic mass is 32.2. The van der Waals surface area contributed by atoms with Crippen molar-refractivity contribution in [2.24, 2.45) is 10.4 Å². The molecular weight excluding hydrogens is 318 g/mol. The third-order valence-corrected chi connectivity index (χ3v) is 7.45. The van der Waals surface area contributed by atoms with E-state index in [2.05, 4.69) is 48.1 Å². The zero-order valence-electron chi connectivity index (χ0n) is 15.7. The summed E-state index contributed by atoms with van der Waals surface area (Å²) < 4.78 is 5.38. The van der Waals surface area contributed by atoms with Crippen molar-refractivity contribution < 1.29 is 9.84 Å². The first-order valence-electron chi connectivity index (χ1n) is 8.33. The lowest BCUT2D eigenvalue weighted by Crippen LogP contribution is -2.29. The van der Waals surface area contributed by atoms with Gasteiger partial charge in [-0.05, 0) is 50.7 Å².